The molecule has 1 aliphatic rings. The Kier molecular flexibility index (Phi) is 2.88. The second-order valence-electron chi connectivity index (χ2n) is 4.60. The molecule has 0 saturated carbocycles. The fraction of sp³-hybridized carbons (Fsp3) is 0.286. The van der Waals surface area contributed by atoms with Gasteiger partial charge in [-0.2, -0.15) is 0 Å². The van der Waals surface area contributed by atoms with E-state index < -0.39 is 0 Å². The van der Waals surface area contributed by atoms with Crippen molar-refractivity contribution in [2.45, 2.75) is 25.7 Å². The lowest BCUT2D eigenvalue weighted by molar-refractivity contribution is 0.656. The van der Waals surface area contributed by atoms with Crippen LogP contribution >= 0.6 is 12.2 Å². The molecular formula is C14H15N3S. The molecule has 0 fully saturated rings. The topological polar surface area (TPSA) is 43.8 Å². The number of nitrogens with two attached hydrogens (primary N) is 1. The molecule has 1 aromatic heterocycles. The zero-order chi connectivity index (χ0) is 12.5. The van der Waals surface area contributed by atoms with Crippen LogP contribution in [-0.2, 0) is 12.8 Å². The number of imidazole rings is 1. The lowest BCUT2D eigenvalue weighted by atomic mass is 10.0. The number of rotatable bonds is 2. The van der Waals surface area contributed by atoms with E-state index in [1.807, 2.05) is 30.6 Å². The average Bonchev–Trinajstić information content (AvgIpc) is 2.82. The first-order chi connectivity index (χ1) is 8.77. The highest BCUT2D eigenvalue weighted by Crippen LogP contribution is 2.24. The van der Waals surface area contributed by atoms with Gasteiger partial charge in [-0.1, -0.05) is 24.4 Å². The Bertz CT molecular complexity index is 601. The number of aryl methyl sites for hydroxylation is 1. The maximum atomic E-state index is 5.79. The second kappa shape index (κ2) is 4.53. The molecule has 0 amide bonds. The average molecular weight is 257 g/mol. The van der Waals surface area contributed by atoms with Crippen LogP contribution in [0.5, 0.6) is 0 Å². The number of fused-ring (bicyclic) bond motifs is 1. The van der Waals surface area contributed by atoms with Crippen LogP contribution < -0.4 is 5.73 Å². The van der Waals surface area contributed by atoms with E-state index >= 15 is 0 Å². The summed E-state index contributed by atoms with van der Waals surface area (Å²) in [5, 5.41) is 0. The first-order valence-electron chi connectivity index (χ1n) is 6.21. The highest BCUT2D eigenvalue weighted by atomic mass is 32.1. The number of para-hydroxylation sites is 1. The first kappa shape index (κ1) is 11.4. The van der Waals surface area contributed by atoms with Crippen LogP contribution in [0.1, 0.15) is 29.8 Å². The molecule has 0 saturated heterocycles. The molecule has 4 heteroatoms. The molecule has 3 rings (SSSR count). The summed E-state index contributed by atoms with van der Waals surface area (Å²) in [4.78, 5) is 4.95. The maximum Gasteiger partial charge on any atom is 0.106 e. The van der Waals surface area contributed by atoms with Gasteiger partial charge in [-0.15, -0.1) is 0 Å². The highest BCUT2D eigenvalue weighted by molar-refractivity contribution is 7.80. The van der Waals surface area contributed by atoms with Crippen molar-refractivity contribution in [3.63, 3.8) is 0 Å². The Morgan fingerprint density at radius 1 is 1.22 bits per heavy atom. The third-order valence-corrected chi connectivity index (χ3v) is 3.68. The van der Waals surface area contributed by atoms with Gasteiger partial charge in [0.25, 0.3) is 0 Å². The summed E-state index contributed by atoms with van der Waals surface area (Å²) in [6.07, 6.45) is 6.53. The third-order valence-electron chi connectivity index (χ3n) is 3.46. The lowest BCUT2D eigenvalue weighted by Crippen LogP contribution is -2.15. The van der Waals surface area contributed by atoms with E-state index in [1.54, 1.807) is 0 Å². The Balaban J connectivity index is 2.15. The van der Waals surface area contributed by atoms with Crippen LogP contribution in [0.2, 0.25) is 0 Å². The molecule has 1 aromatic carbocycles. The van der Waals surface area contributed by atoms with Crippen LogP contribution in [-0.4, -0.2) is 14.5 Å². The number of hydrogen-bond donors (Lipinski definition) is 1. The number of aromatic nitrogens is 2. The Labute approximate surface area is 112 Å². The Hall–Kier alpha value is -1.68. The molecule has 0 radical (unpaired) electrons. The zero-order valence-corrected chi connectivity index (χ0v) is 10.9. The predicted octanol–water partition coefficient (Wildman–Crippen LogP) is 2.39. The summed E-state index contributed by atoms with van der Waals surface area (Å²) in [5.74, 6) is 0. The Morgan fingerprint density at radius 3 is 2.83 bits per heavy atom. The van der Waals surface area contributed by atoms with Crippen molar-refractivity contribution >= 4 is 17.2 Å². The van der Waals surface area contributed by atoms with Gasteiger partial charge in [0.15, 0.2) is 0 Å². The van der Waals surface area contributed by atoms with Gasteiger partial charge in [-0.3, -0.25) is 0 Å². The van der Waals surface area contributed by atoms with Crippen molar-refractivity contribution in [1.29, 1.82) is 0 Å². The molecule has 0 aliphatic heterocycles. The first-order valence-corrected chi connectivity index (χ1v) is 6.62. The van der Waals surface area contributed by atoms with Gasteiger partial charge in [0.2, 0.25) is 0 Å². The van der Waals surface area contributed by atoms with Gasteiger partial charge in [-0.05, 0) is 37.8 Å². The van der Waals surface area contributed by atoms with Crippen molar-refractivity contribution in [3.8, 4) is 5.69 Å². The summed E-state index contributed by atoms with van der Waals surface area (Å²) in [6, 6.07) is 7.98. The molecule has 0 unspecified atom stereocenters. The molecule has 3 nitrogen and oxygen atoms in total. The molecule has 2 N–H and O–H groups in total. The van der Waals surface area contributed by atoms with Gasteiger partial charge >= 0.3 is 0 Å². The fourth-order valence-corrected chi connectivity index (χ4v) is 2.74. The monoisotopic (exact) mass is 257 g/mol. The molecular weight excluding hydrogens is 242 g/mol. The van der Waals surface area contributed by atoms with Crippen molar-refractivity contribution < 1.29 is 0 Å². The Morgan fingerprint density at radius 2 is 2.00 bits per heavy atom. The van der Waals surface area contributed by atoms with Crippen molar-refractivity contribution in [1.82, 2.24) is 9.55 Å². The summed E-state index contributed by atoms with van der Waals surface area (Å²) < 4.78 is 2.14. The van der Waals surface area contributed by atoms with Crippen LogP contribution in [0, 0.1) is 0 Å². The van der Waals surface area contributed by atoms with Gasteiger partial charge in [0, 0.05) is 11.3 Å². The predicted molar refractivity (Wildman–Crippen MR) is 76.1 cm³/mol. The van der Waals surface area contributed by atoms with Crippen LogP contribution in [0.15, 0.2) is 30.6 Å². The van der Waals surface area contributed by atoms with E-state index in [0.717, 1.165) is 24.1 Å². The number of thiocarbonyl (C=S) groups is 1. The van der Waals surface area contributed by atoms with Gasteiger partial charge < -0.3 is 10.3 Å². The smallest absolute Gasteiger partial charge is 0.106 e. The summed E-state index contributed by atoms with van der Waals surface area (Å²) in [7, 11) is 0. The van der Waals surface area contributed by atoms with Crippen molar-refractivity contribution in [2.75, 3.05) is 0 Å². The summed E-state index contributed by atoms with van der Waals surface area (Å²) >= 11 is 5.12. The van der Waals surface area contributed by atoms with E-state index in [-0.39, 0.29) is 0 Å². The standard InChI is InChI=1S/C14H15N3S/c15-14(18)10-5-1-3-7-12(10)17-9-16-11-6-2-4-8-13(11)17/h1,3,5,7,9H,2,4,6,8H2,(H2,15,18). The number of benzene rings is 1. The van der Waals surface area contributed by atoms with E-state index in [9.17, 15) is 0 Å². The van der Waals surface area contributed by atoms with Gasteiger partial charge in [0.05, 0.1) is 17.7 Å². The van der Waals surface area contributed by atoms with E-state index in [0.29, 0.717) is 4.99 Å². The molecule has 0 atom stereocenters. The molecule has 1 aliphatic carbocycles. The molecule has 2 aromatic rings. The minimum Gasteiger partial charge on any atom is -0.389 e. The SMILES string of the molecule is NC(=S)c1ccccc1-n1cnc2c1CCCC2. The molecule has 92 valence electrons. The molecule has 18 heavy (non-hydrogen) atoms. The van der Waals surface area contributed by atoms with E-state index in [2.05, 4.69) is 9.55 Å². The minimum atomic E-state index is 0.434. The van der Waals surface area contributed by atoms with Crippen LogP contribution in [0.25, 0.3) is 5.69 Å². The summed E-state index contributed by atoms with van der Waals surface area (Å²) in [6.45, 7) is 0. The number of nitrogens with zero attached hydrogens (tertiary/aromatic N) is 2. The number of hydrogen-bond acceptors (Lipinski definition) is 2. The zero-order valence-electron chi connectivity index (χ0n) is 10.1. The van der Waals surface area contributed by atoms with Crippen LogP contribution in [0.3, 0.4) is 0 Å². The molecule has 0 spiro atoms. The largest absolute Gasteiger partial charge is 0.389 e. The van der Waals surface area contributed by atoms with Crippen molar-refractivity contribution in [2.24, 2.45) is 5.73 Å². The quantitative estimate of drug-likeness (QED) is 0.840. The van der Waals surface area contributed by atoms with E-state index in [4.69, 9.17) is 18.0 Å². The maximum absolute atomic E-state index is 5.79. The van der Waals surface area contributed by atoms with Gasteiger partial charge in [-0.25, -0.2) is 4.98 Å². The van der Waals surface area contributed by atoms with Crippen LogP contribution in [0.4, 0.5) is 0 Å². The normalized spacial score (nSPS) is 14.2. The van der Waals surface area contributed by atoms with Crippen molar-refractivity contribution in [3.05, 3.63) is 47.5 Å². The fourth-order valence-electron chi connectivity index (χ4n) is 2.57. The minimum absolute atomic E-state index is 0.434. The van der Waals surface area contributed by atoms with Gasteiger partial charge in [0.1, 0.15) is 4.99 Å². The molecule has 1 heterocycles. The third kappa shape index (κ3) is 1.82. The van der Waals surface area contributed by atoms with E-state index in [1.165, 1.54) is 24.2 Å². The lowest BCUT2D eigenvalue weighted by Gasteiger charge is -2.16. The highest BCUT2D eigenvalue weighted by Gasteiger charge is 2.17. The summed E-state index contributed by atoms with van der Waals surface area (Å²) in [5.41, 5.74) is 10.3. The molecule has 0 bridgehead atoms. The second-order valence-corrected chi connectivity index (χ2v) is 5.04.